The highest BCUT2D eigenvalue weighted by Crippen LogP contribution is 2.42. The Kier molecular flexibility index (Phi) is 4.79. The Morgan fingerprint density at radius 2 is 1.54 bits per heavy atom. The molecule has 0 aromatic rings. The topological polar surface area (TPSA) is 12.0 Å². The first-order valence-corrected chi connectivity index (χ1v) is 6.04. The van der Waals surface area contributed by atoms with Gasteiger partial charge in [0.25, 0.3) is 0 Å². The molecule has 1 saturated carbocycles. The van der Waals surface area contributed by atoms with E-state index < -0.39 is 0 Å². The average molecular weight is 183 g/mol. The highest BCUT2D eigenvalue weighted by atomic mass is 14.9. The molecule has 2 fully saturated rings. The van der Waals surface area contributed by atoms with Crippen LogP contribution in [0.3, 0.4) is 0 Å². The van der Waals surface area contributed by atoms with Gasteiger partial charge >= 0.3 is 0 Å². The molecule has 0 radical (unpaired) electrons. The van der Waals surface area contributed by atoms with Gasteiger partial charge in [-0.25, -0.2) is 0 Å². The summed E-state index contributed by atoms with van der Waals surface area (Å²) in [4.78, 5) is 0. The Hall–Kier alpha value is -0.0400. The normalized spacial score (nSPS) is 25.4. The van der Waals surface area contributed by atoms with Crippen LogP contribution in [-0.2, 0) is 0 Å². The maximum atomic E-state index is 3.52. The first-order chi connectivity index (χ1) is 6.33. The summed E-state index contributed by atoms with van der Waals surface area (Å²) in [7, 11) is 0. The van der Waals surface area contributed by atoms with E-state index in [1.165, 1.54) is 58.0 Å². The lowest BCUT2D eigenvalue weighted by atomic mass is 9.79. The van der Waals surface area contributed by atoms with Gasteiger partial charge < -0.3 is 5.32 Å². The van der Waals surface area contributed by atoms with Gasteiger partial charge in [-0.15, -0.1) is 0 Å². The first-order valence-electron chi connectivity index (χ1n) is 6.04. The van der Waals surface area contributed by atoms with Crippen molar-refractivity contribution >= 4 is 0 Å². The molecule has 1 heteroatoms. The van der Waals surface area contributed by atoms with Gasteiger partial charge in [-0.3, -0.25) is 0 Å². The smallest absolute Gasteiger partial charge is 0.000781 e. The van der Waals surface area contributed by atoms with Crippen LogP contribution < -0.4 is 5.32 Å². The SMILES string of the molecule is C1CCC2(C1)CCCNC2.CCC. The van der Waals surface area contributed by atoms with Gasteiger partial charge in [0.2, 0.25) is 0 Å². The average Bonchev–Trinajstić information content (AvgIpc) is 2.56. The molecule has 1 heterocycles. The molecule has 1 aliphatic carbocycles. The van der Waals surface area contributed by atoms with Crippen molar-refractivity contribution in [1.82, 2.24) is 5.32 Å². The van der Waals surface area contributed by atoms with Crippen molar-refractivity contribution in [2.24, 2.45) is 5.41 Å². The summed E-state index contributed by atoms with van der Waals surface area (Å²) in [6.07, 6.45) is 10.1. The lowest BCUT2D eigenvalue weighted by Gasteiger charge is -2.33. The predicted molar refractivity (Wildman–Crippen MR) is 59.0 cm³/mol. The third kappa shape index (κ3) is 3.30. The van der Waals surface area contributed by atoms with Crippen LogP contribution >= 0.6 is 0 Å². The van der Waals surface area contributed by atoms with Crippen LogP contribution in [-0.4, -0.2) is 13.1 Å². The maximum absolute atomic E-state index is 3.52. The molecule has 0 bridgehead atoms. The molecule has 1 spiro atoms. The number of nitrogens with one attached hydrogen (secondary N) is 1. The molecule has 1 N–H and O–H groups in total. The van der Waals surface area contributed by atoms with Crippen molar-refractivity contribution < 1.29 is 0 Å². The van der Waals surface area contributed by atoms with Gasteiger partial charge in [-0.05, 0) is 37.6 Å². The van der Waals surface area contributed by atoms with Crippen LogP contribution in [0.4, 0.5) is 0 Å². The van der Waals surface area contributed by atoms with E-state index in [0.29, 0.717) is 0 Å². The molecule has 0 atom stereocenters. The third-order valence-corrected chi connectivity index (χ3v) is 3.22. The molecular formula is C12H25N. The molecular weight excluding hydrogens is 158 g/mol. The van der Waals surface area contributed by atoms with Gasteiger partial charge in [0.05, 0.1) is 0 Å². The number of hydrogen-bond donors (Lipinski definition) is 1. The second-order valence-electron chi connectivity index (χ2n) is 4.69. The fraction of sp³-hybridized carbons (Fsp3) is 1.00. The molecule has 13 heavy (non-hydrogen) atoms. The van der Waals surface area contributed by atoms with Crippen LogP contribution in [0.5, 0.6) is 0 Å². The Morgan fingerprint density at radius 1 is 1.00 bits per heavy atom. The highest BCUT2D eigenvalue weighted by Gasteiger charge is 2.34. The first kappa shape index (κ1) is 11.0. The van der Waals surface area contributed by atoms with Gasteiger partial charge in [0.1, 0.15) is 0 Å². The molecule has 0 aromatic heterocycles. The summed E-state index contributed by atoms with van der Waals surface area (Å²) in [6.45, 7) is 6.83. The van der Waals surface area contributed by atoms with Crippen LogP contribution in [0.15, 0.2) is 0 Å². The zero-order valence-electron chi connectivity index (χ0n) is 9.36. The Labute approximate surface area is 83.3 Å². The van der Waals surface area contributed by atoms with E-state index >= 15 is 0 Å². The minimum Gasteiger partial charge on any atom is -0.316 e. The lowest BCUT2D eigenvalue weighted by molar-refractivity contribution is 0.217. The van der Waals surface area contributed by atoms with E-state index in [-0.39, 0.29) is 0 Å². The maximum Gasteiger partial charge on any atom is 0.000781 e. The zero-order valence-corrected chi connectivity index (χ0v) is 9.36. The molecule has 78 valence electrons. The van der Waals surface area contributed by atoms with Gasteiger partial charge in [0, 0.05) is 6.54 Å². The molecule has 0 unspecified atom stereocenters. The van der Waals surface area contributed by atoms with E-state index in [2.05, 4.69) is 19.2 Å². The lowest BCUT2D eigenvalue weighted by Crippen LogP contribution is -2.37. The van der Waals surface area contributed by atoms with Crippen molar-refractivity contribution in [1.29, 1.82) is 0 Å². The Balaban J connectivity index is 0.000000251. The molecule has 1 nitrogen and oxygen atoms in total. The monoisotopic (exact) mass is 183 g/mol. The summed E-state index contributed by atoms with van der Waals surface area (Å²) >= 11 is 0. The standard InChI is InChI=1S/C9H17N.C3H8/c1-2-5-9(4-1)6-3-7-10-8-9;1-3-2/h10H,1-8H2;3H2,1-2H3. The quantitative estimate of drug-likeness (QED) is 0.607. The minimum absolute atomic E-state index is 0.762. The summed E-state index contributed by atoms with van der Waals surface area (Å²) in [5.41, 5.74) is 0.762. The van der Waals surface area contributed by atoms with E-state index in [0.717, 1.165) is 5.41 Å². The Bertz CT molecular complexity index is 117. The van der Waals surface area contributed by atoms with Crippen molar-refractivity contribution in [2.75, 3.05) is 13.1 Å². The second kappa shape index (κ2) is 5.64. The fourth-order valence-corrected chi connectivity index (χ4v) is 2.58. The van der Waals surface area contributed by atoms with E-state index in [4.69, 9.17) is 0 Å². The van der Waals surface area contributed by atoms with Crippen molar-refractivity contribution in [3.8, 4) is 0 Å². The highest BCUT2D eigenvalue weighted by molar-refractivity contribution is 4.89. The summed E-state index contributed by atoms with van der Waals surface area (Å²) in [5, 5.41) is 3.52. The van der Waals surface area contributed by atoms with Crippen molar-refractivity contribution in [3.63, 3.8) is 0 Å². The number of piperidine rings is 1. The minimum atomic E-state index is 0.762. The van der Waals surface area contributed by atoms with Crippen LogP contribution in [0.2, 0.25) is 0 Å². The van der Waals surface area contributed by atoms with Crippen LogP contribution in [0, 0.1) is 5.41 Å². The summed E-state index contributed by atoms with van der Waals surface area (Å²) in [6, 6.07) is 0. The fourth-order valence-electron chi connectivity index (χ4n) is 2.58. The number of hydrogen-bond acceptors (Lipinski definition) is 1. The van der Waals surface area contributed by atoms with Crippen molar-refractivity contribution in [3.05, 3.63) is 0 Å². The van der Waals surface area contributed by atoms with Gasteiger partial charge in [-0.2, -0.15) is 0 Å². The molecule has 0 amide bonds. The molecule has 0 aromatic carbocycles. The zero-order chi connectivity index (χ0) is 9.57. The second-order valence-corrected chi connectivity index (χ2v) is 4.69. The number of rotatable bonds is 0. The van der Waals surface area contributed by atoms with Crippen LogP contribution in [0.1, 0.15) is 58.8 Å². The molecule has 2 aliphatic rings. The van der Waals surface area contributed by atoms with Crippen LogP contribution in [0.25, 0.3) is 0 Å². The van der Waals surface area contributed by atoms with Gasteiger partial charge in [-0.1, -0.05) is 33.1 Å². The van der Waals surface area contributed by atoms with E-state index in [1.54, 1.807) is 0 Å². The summed E-state index contributed by atoms with van der Waals surface area (Å²) in [5.74, 6) is 0. The van der Waals surface area contributed by atoms with Crippen molar-refractivity contribution in [2.45, 2.75) is 58.8 Å². The predicted octanol–water partition coefficient (Wildman–Crippen LogP) is 3.35. The van der Waals surface area contributed by atoms with E-state index in [1.807, 2.05) is 0 Å². The largest absolute Gasteiger partial charge is 0.316 e. The van der Waals surface area contributed by atoms with E-state index in [9.17, 15) is 0 Å². The Morgan fingerprint density at radius 3 is 2.00 bits per heavy atom. The molecule has 2 rings (SSSR count). The molecule has 1 aliphatic heterocycles. The third-order valence-electron chi connectivity index (χ3n) is 3.22. The van der Waals surface area contributed by atoms with Gasteiger partial charge in [0.15, 0.2) is 0 Å². The summed E-state index contributed by atoms with van der Waals surface area (Å²) < 4.78 is 0. The molecule has 1 saturated heterocycles.